The Morgan fingerprint density at radius 1 is 1.35 bits per heavy atom. The highest BCUT2D eigenvalue weighted by Gasteiger charge is 2.16. The lowest BCUT2D eigenvalue weighted by molar-refractivity contribution is 0.171. The molecule has 0 bridgehead atoms. The predicted octanol–water partition coefficient (Wildman–Crippen LogP) is 3.15. The fourth-order valence-corrected chi connectivity index (χ4v) is 2.56. The first-order chi connectivity index (χ1) is 8.24. The van der Waals surface area contributed by atoms with Crippen molar-refractivity contribution in [3.63, 3.8) is 0 Å². The normalized spacial score (nSPS) is 18.9. The predicted molar refractivity (Wildman–Crippen MR) is 71.5 cm³/mol. The molecule has 0 aromatic heterocycles. The second kappa shape index (κ2) is 6.06. The van der Waals surface area contributed by atoms with Gasteiger partial charge in [-0.05, 0) is 69.8 Å². The average molecular weight is 233 g/mol. The van der Waals surface area contributed by atoms with Crippen molar-refractivity contribution in [1.29, 1.82) is 0 Å². The number of hydrogen-bond donors (Lipinski definition) is 1. The topological polar surface area (TPSA) is 21.3 Å². The summed E-state index contributed by atoms with van der Waals surface area (Å²) in [4.78, 5) is 0. The second-order valence-corrected chi connectivity index (χ2v) is 5.17. The Labute approximate surface area is 104 Å². The minimum absolute atomic E-state index is 0.319. The van der Waals surface area contributed by atoms with Crippen LogP contribution in [0.15, 0.2) is 24.3 Å². The smallest absolute Gasteiger partial charge is 0.119 e. The summed E-state index contributed by atoms with van der Waals surface area (Å²) >= 11 is 0. The molecule has 1 heterocycles. The Hall–Kier alpha value is -1.02. The molecule has 1 N–H and O–H groups in total. The SMILES string of the molecule is Cc1cccc(OC(C)CC2CCNCC2)c1. The molecule has 2 nitrogen and oxygen atoms in total. The fraction of sp³-hybridized carbons (Fsp3) is 0.600. The number of ether oxygens (including phenoxy) is 1. The number of nitrogens with one attached hydrogen (secondary N) is 1. The van der Waals surface area contributed by atoms with Crippen molar-refractivity contribution >= 4 is 0 Å². The van der Waals surface area contributed by atoms with Gasteiger partial charge in [-0.25, -0.2) is 0 Å². The fourth-order valence-electron chi connectivity index (χ4n) is 2.56. The van der Waals surface area contributed by atoms with Crippen molar-refractivity contribution in [3.8, 4) is 5.75 Å². The average Bonchev–Trinajstić information content (AvgIpc) is 2.30. The van der Waals surface area contributed by atoms with E-state index in [1.54, 1.807) is 0 Å². The van der Waals surface area contributed by atoms with Gasteiger partial charge in [0.2, 0.25) is 0 Å². The Kier molecular flexibility index (Phi) is 4.43. The summed E-state index contributed by atoms with van der Waals surface area (Å²) in [6.45, 7) is 6.62. The summed E-state index contributed by atoms with van der Waals surface area (Å²) in [6.07, 6.45) is 4.08. The van der Waals surface area contributed by atoms with Crippen LogP contribution in [0.4, 0.5) is 0 Å². The van der Waals surface area contributed by atoms with Gasteiger partial charge in [0, 0.05) is 0 Å². The first-order valence-corrected chi connectivity index (χ1v) is 6.68. The maximum atomic E-state index is 5.98. The molecule has 0 amide bonds. The molecule has 1 aromatic carbocycles. The van der Waals surface area contributed by atoms with Crippen molar-refractivity contribution in [2.24, 2.45) is 5.92 Å². The summed E-state index contributed by atoms with van der Waals surface area (Å²) < 4.78 is 5.98. The van der Waals surface area contributed by atoms with E-state index in [9.17, 15) is 0 Å². The molecule has 94 valence electrons. The number of hydrogen-bond acceptors (Lipinski definition) is 2. The molecule has 2 rings (SSSR count). The summed E-state index contributed by atoms with van der Waals surface area (Å²) in [5.41, 5.74) is 1.26. The van der Waals surface area contributed by atoms with E-state index in [4.69, 9.17) is 4.74 Å². The van der Waals surface area contributed by atoms with Gasteiger partial charge in [-0.3, -0.25) is 0 Å². The van der Waals surface area contributed by atoms with Crippen LogP contribution in [0.3, 0.4) is 0 Å². The summed E-state index contributed by atoms with van der Waals surface area (Å²) in [5, 5.41) is 3.40. The van der Waals surface area contributed by atoms with E-state index in [0.717, 1.165) is 11.7 Å². The van der Waals surface area contributed by atoms with Crippen LogP contribution in [-0.4, -0.2) is 19.2 Å². The van der Waals surface area contributed by atoms with Crippen LogP contribution in [0.5, 0.6) is 5.75 Å². The minimum Gasteiger partial charge on any atom is -0.491 e. The van der Waals surface area contributed by atoms with Gasteiger partial charge < -0.3 is 10.1 Å². The zero-order chi connectivity index (χ0) is 12.1. The highest BCUT2D eigenvalue weighted by molar-refractivity contribution is 5.27. The Bertz CT molecular complexity index is 345. The molecule has 1 unspecified atom stereocenters. The maximum Gasteiger partial charge on any atom is 0.119 e. The molecule has 1 aliphatic rings. The third-order valence-corrected chi connectivity index (χ3v) is 3.45. The van der Waals surface area contributed by atoms with E-state index in [2.05, 4.69) is 37.4 Å². The standard InChI is InChI=1S/C15H23NO/c1-12-4-3-5-15(10-12)17-13(2)11-14-6-8-16-9-7-14/h3-5,10,13-14,16H,6-9,11H2,1-2H3. The van der Waals surface area contributed by atoms with Crippen molar-refractivity contribution in [2.45, 2.75) is 39.2 Å². The van der Waals surface area contributed by atoms with E-state index in [0.29, 0.717) is 6.10 Å². The Morgan fingerprint density at radius 3 is 2.82 bits per heavy atom. The van der Waals surface area contributed by atoms with Crippen LogP contribution in [0.25, 0.3) is 0 Å². The van der Waals surface area contributed by atoms with E-state index in [1.807, 2.05) is 6.07 Å². The molecule has 1 aliphatic heterocycles. The third-order valence-electron chi connectivity index (χ3n) is 3.45. The van der Waals surface area contributed by atoms with Gasteiger partial charge in [-0.2, -0.15) is 0 Å². The first kappa shape index (κ1) is 12.4. The zero-order valence-electron chi connectivity index (χ0n) is 10.9. The lowest BCUT2D eigenvalue weighted by Crippen LogP contribution is -2.30. The van der Waals surface area contributed by atoms with Crippen molar-refractivity contribution in [1.82, 2.24) is 5.32 Å². The number of aryl methyl sites for hydroxylation is 1. The highest BCUT2D eigenvalue weighted by Crippen LogP contribution is 2.21. The number of rotatable bonds is 4. The minimum atomic E-state index is 0.319. The van der Waals surface area contributed by atoms with Crippen LogP contribution < -0.4 is 10.1 Å². The lowest BCUT2D eigenvalue weighted by atomic mass is 9.92. The van der Waals surface area contributed by atoms with Gasteiger partial charge in [0.25, 0.3) is 0 Å². The summed E-state index contributed by atoms with van der Waals surface area (Å²) in [5.74, 6) is 1.84. The number of benzene rings is 1. The molecule has 0 saturated carbocycles. The van der Waals surface area contributed by atoms with E-state index >= 15 is 0 Å². The molecule has 0 radical (unpaired) electrons. The van der Waals surface area contributed by atoms with Crippen molar-refractivity contribution in [2.75, 3.05) is 13.1 Å². The van der Waals surface area contributed by atoms with Crippen molar-refractivity contribution in [3.05, 3.63) is 29.8 Å². The zero-order valence-corrected chi connectivity index (χ0v) is 10.9. The highest BCUT2D eigenvalue weighted by atomic mass is 16.5. The van der Waals surface area contributed by atoms with Crippen LogP contribution in [-0.2, 0) is 0 Å². The van der Waals surface area contributed by atoms with Crippen LogP contribution in [0, 0.1) is 12.8 Å². The molecule has 0 aliphatic carbocycles. The third kappa shape index (κ3) is 4.04. The molecule has 2 heteroatoms. The Balaban J connectivity index is 1.82. The largest absolute Gasteiger partial charge is 0.491 e. The molecule has 1 aromatic rings. The molecule has 17 heavy (non-hydrogen) atoms. The lowest BCUT2D eigenvalue weighted by Gasteiger charge is -2.25. The first-order valence-electron chi connectivity index (χ1n) is 6.68. The van der Waals surface area contributed by atoms with Gasteiger partial charge >= 0.3 is 0 Å². The second-order valence-electron chi connectivity index (χ2n) is 5.17. The maximum absolute atomic E-state index is 5.98. The summed E-state index contributed by atoms with van der Waals surface area (Å²) in [6, 6.07) is 8.32. The molecule has 1 saturated heterocycles. The molecule has 0 spiro atoms. The molecule has 1 fully saturated rings. The van der Waals surface area contributed by atoms with Crippen LogP contribution in [0.2, 0.25) is 0 Å². The molecule has 1 atom stereocenters. The van der Waals surface area contributed by atoms with Crippen molar-refractivity contribution < 1.29 is 4.74 Å². The van der Waals surface area contributed by atoms with Gasteiger partial charge in [-0.1, -0.05) is 12.1 Å². The van der Waals surface area contributed by atoms with Gasteiger partial charge in [0.1, 0.15) is 5.75 Å². The molecular formula is C15H23NO. The summed E-state index contributed by atoms with van der Waals surface area (Å²) in [7, 11) is 0. The van der Waals surface area contributed by atoms with Gasteiger partial charge in [-0.15, -0.1) is 0 Å². The number of piperidine rings is 1. The van der Waals surface area contributed by atoms with E-state index in [1.165, 1.54) is 37.9 Å². The quantitative estimate of drug-likeness (QED) is 0.862. The van der Waals surface area contributed by atoms with Gasteiger partial charge in [0.05, 0.1) is 6.10 Å². The van der Waals surface area contributed by atoms with E-state index in [-0.39, 0.29) is 0 Å². The Morgan fingerprint density at radius 2 is 2.12 bits per heavy atom. The van der Waals surface area contributed by atoms with Crippen LogP contribution >= 0.6 is 0 Å². The van der Waals surface area contributed by atoms with Crippen LogP contribution in [0.1, 0.15) is 31.7 Å². The van der Waals surface area contributed by atoms with Gasteiger partial charge in [0.15, 0.2) is 0 Å². The molecular weight excluding hydrogens is 210 g/mol. The van der Waals surface area contributed by atoms with E-state index < -0.39 is 0 Å². The monoisotopic (exact) mass is 233 g/mol.